The van der Waals surface area contributed by atoms with Crippen LogP contribution >= 0.6 is 0 Å². The second kappa shape index (κ2) is 11.9. The van der Waals surface area contributed by atoms with E-state index in [1.807, 2.05) is 6.92 Å². The maximum absolute atomic E-state index is 13.3. The highest BCUT2D eigenvalue weighted by Crippen LogP contribution is 2.25. The number of carbonyl (C=O) groups excluding carboxylic acids is 4. The number of rotatable bonds is 9. The molecule has 0 aliphatic rings. The molecule has 0 aliphatic heterocycles. The number of nitrogens with one attached hydrogen (secondary N) is 2. The van der Waals surface area contributed by atoms with E-state index < -0.39 is 41.6 Å². The van der Waals surface area contributed by atoms with Gasteiger partial charge in [-0.25, -0.2) is 4.79 Å². The first-order valence-electron chi connectivity index (χ1n) is 10.3. The fraction of sp³-hybridized carbons (Fsp3) is 0.545. The summed E-state index contributed by atoms with van der Waals surface area (Å²) in [6, 6.07) is 3.79. The molecule has 1 rings (SSSR count). The van der Waals surface area contributed by atoms with Gasteiger partial charge in [0.2, 0.25) is 11.8 Å². The van der Waals surface area contributed by atoms with Crippen molar-refractivity contribution in [1.82, 2.24) is 15.5 Å². The molecular formula is C22H33N3O7. The van der Waals surface area contributed by atoms with Crippen molar-refractivity contribution in [3.05, 3.63) is 29.8 Å². The molecule has 0 saturated carbocycles. The fourth-order valence-corrected chi connectivity index (χ4v) is 2.90. The third-order valence-electron chi connectivity index (χ3n) is 4.23. The normalized spacial score (nSPS) is 12.8. The Bertz CT molecular complexity index is 820. The molecule has 0 heterocycles. The van der Waals surface area contributed by atoms with Crippen molar-refractivity contribution in [1.29, 1.82) is 0 Å². The molecule has 3 N–H and O–H groups in total. The Labute approximate surface area is 188 Å². The second-order valence-electron chi connectivity index (χ2n) is 8.19. The van der Waals surface area contributed by atoms with Crippen molar-refractivity contribution in [2.75, 3.05) is 20.2 Å². The summed E-state index contributed by atoms with van der Waals surface area (Å²) in [6.07, 6.45) is -0.247. The van der Waals surface area contributed by atoms with Crippen LogP contribution in [0.4, 0.5) is 4.79 Å². The number of carbonyl (C=O) groups is 4. The smallest absolute Gasteiger partial charge is 0.408 e. The van der Waals surface area contributed by atoms with Crippen molar-refractivity contribution in [2.45, 2.75) is 58.7 Å². The van der Waals surface area contributed by atoms with E-state index in [0.29, 0.717) is 12.0 Å². The van der Waals surface area contributed by atoms with Crippen LogP contribution in [-0.4, -0.2) is 65.7 Å². The number of phenolic OH excluding ortho intramolecular Hbond substituents is 1. The first kappa shape index (κ1) is 26.7. The van der Waals surface area contributed by atoms with Gasteiger partial charge in [0, 0.05) is 6.54 Å². The number of nitrogens with zero attached hydrogens (tertiary/aromatic N) is 1. The standard InChI is InChI=1S/C22H33N3O7/c1-7-11-25(20(29)14(2)24-21(30)32-22(3,4)5)18(15-9-8-10-16(26)12-15)19(28)23-13-17(27)31-6/h8-10,12,14,18,26H,7,11,13H2,1-6H3,(H,23,28)(H,24,30). The zero-order valence-corrected chi connectivity index (χ0v) is 19.4. The van der Waals surface area contributed by atoms with Gasteiger partial charge in [-0.15, -0.1) is 0 Å². The van der Waals surface area contributed by atoms with E-state index in [4.69, 9.17) is 4.74 Å². The van der Waals surface area contributed by atoms with Crippen molar-refractivity contribution in [3.63, 3.8) is 0 Å². The minimum Gasteiger partial charge on any atom is -0.508 e. The van der Waals surface area contributed by atoms with Gasteiger partial charge < -0.3 is 30.1 Å². The number of aromatic hydroxyl groups is 1. The summed E-state index contributed by atoms with van der Waals surface area (Å²) in [6.45, 7) is 8.22. The largest absolute Gasteiger partial charge is 0.508 e. The Hall–Kier alpha value is -3.30. The molecule has 0 saturated heterocycles. The van der Waals surface area contributed by atoms with Crippen molar-refractivity contribution < 1.29 is 33.8 Å². The monoisotopic (exact) mass is 451 g/mol. The topological polar surface area (TPSA) is 134 Å². The molecule has 0 aromatic heterocycles. The number of amides is 3. The third-order valence-corrected chi connectivity index (χ3v) is 4.23. The molecule has 0 fully saturated rings. The number of hydrogen-bond donors (Lipinski definition) is 3. The second-order valence-corrected chi connectivity index (χ2v) is 8.19. The molecule has 0 radical (unpaired) electrons. The Kier molecular flexibility index (Phi) is 9.96. The zero-order chi connectivity index (χ0) is 24.5. The number of methoxy groups -OCH3 is 1. The van der Waals surface area contributed by atoms with E-state index in [-0.39, 0.29) is 18.8 Å². The summed E-state index contributed by atoms with van der Waals surface area (Å²) < 4.78 is 9.75. The predicted molar refractivity (Wildman–Crippen MR) is 117 cm³/mol. The molecule has 10 nitrogen and oxygen atoms in total. The molecule has 32 heavy (non-hydrogen) atoms. The molecule has 3 amide bonds. The maximum atomic E-state index is 13.3. The van der Waals surface area contributed by atoms with E-state index >= 15 is 0 Å². The van der Waals surface area contributed by atoms with Crippen LogP contribution in [0.5, 0.6) is 5.75 Å². The van der Waals surface area contributed by atoms with Crippen LogP contribution in [-0.2, 0) is 23.9 Å². The highest BCUT2D eigenvalue weighted by atomic mass is 16.6. The van der Waals surface area contributed by atoms with E-state index in [1.54, 1.807) is 32.9 Å². The highest BCUT2D eigenvalue weighted by Gasteiger charge is 2.34. The lowest BCUT2D eigenvalue weighted by atomic mass is 10.0. The van der Waals surface area contributed by atoms with Gasteiger partial charge in [-0.2, -0.15) is 0 Å². The van der Waals surface area contributed by atoms with Crippen molar-refractivity contribution in [3.8, 4) is 5.75 Å². The number of phenols is 1. The van der Waals surface area contributed by atoms with E-state index in [0.717, 1.165) is 0 Å². The Morgan fingerprint density at radius 3 is 2.38 bits per heavy atom. The zero-order valence-electron chi connectivity index (χ0n) is 19.4. The Balaban J connectivity index is 3.22. The number of benzene rings is 1. The first-order valence-corrected chi connectivity index (χ1v) is 10.3. The number of esters is 1. The van der Waals surface area contributed by atoms with Gasteiger partial charge in [-0.05, 0) is 51.8 Å². The first-order chi connectivity index (χ1) is 14.9. The predicted octanol–water partition coefficient (Wildman–Crippen LogP) is 1.87. The van der Waals surface area contributed by atoms with E-state index in [1.165, 1.54) is 31.1 Å². The summed E-state index contributed by atoms with van der Waals surface area (Å²) >= 11 is 0. The van der Waals surface area contributed by atoms with Gasteiger partial charge in [0.05, 0.1) is 7.11 Å². The van der Waals surface area contributed by atoms with Crippen LogP contribution in [0.2, 0.25) is 0 Å². The van der Waals surface area contributed by atoms with Gasteiger partial charge in [0.1, 0.15) is 30.0 Å². The average Bonchev–Trinajstić information content (AvgIpc) is 2.69. The molecule has 2 atom stereocenters. The quantitative estimate of drug-likeness (QED) is 0.488. The van der Waals surface area contributed by atoms with Gasteiger partial charge in [0.25, 0.3) is 0 Å². The molecule has 178 valence electrons. The minimum atomic E-state index is -1.15. The lowest BCUT2D eigenvalue weighted by molar-refractivity contribution is -0.144. The molecule has 0 spiro atoms. The minimum absolute atomic E-state index is 0.0860. The summed E-state index contributed by atoms with van der Waals surface area (Å²) in [7, 11) is 1.19. The summed E-state index contributed by atoms with van der Waals surface area (Å²) in [4.78, 5) is 51.2. The summed E-state index contributed by atoms with van der Waals surface area (Å²) in [5.74, 6) is -1.90. The average molecular weight is 452 g/mol. The van der Waals surface area contributed by atoms with Crippen LogP contribution < -0.4 is 10.6 Å². The summed E-state index contributed by atoms with van der Waals surface area (Å²) in [5, 5.41) is 14.8. The van der Waals surface area contributed by atoms with Crippen molar-refractivity contribution in [2.24, 2.45) is 0 Å². The highest BCUT2D eigenvalue weighted by molar-refractivity contribution is 5.93. The maximum Gasteiger partial charge on any atom is 0.408 e. The summed E-state index contributed by atoms with van der Waals surface area (Å²) in [5.41, 5.74) is -0.396. The number of hydrogen-bond acceptors (Lipinski definition) is 7. The van der Waals surface area contributed by atoms with Crippen molar-refractivity contribution >= 4 is 23.9 Å². The van der Waals surface area contributed by atoms with Gasteiger partial charge in [-0.3, -0.25) is 14.4 Å². The number of ether oxygens (including phenoxy) is 2. The molecule has 10 heteroatoms. The SMILES string of the molecule is CCCN(C(=O)C(C)NC(=O)OC(C)(C)C)C(C(=O)NCC(=O)OC)c1cccc(O)c1. The van der Waals surface area contributed by atoms with Gasteiger partial charge >= 0.3 is 12.1 Å². The van der Waals surface area contributed by atoms with E-state index in [9.17, 15) is 24.3 Å². The number of alkyl carbamates (subject to hydrolysis) is 1. The van der Waals surface area contributed by atoms with Crippen LogP contribution in [0.1, 0.15) is 52.6 Å². The third kappa shape index (κ3) is 8.44. The van der Waals surface area contributed by atoms with Crippen LogP contribution in [0.25, 0.3) is 0 Å². The molecule has 0 bridgehead atoms. The van der Waals surface area contributed by atoms with Crippen LogP contribution in [0.3, 0.4) is 0 Å². The fourth-order valence-electron chi connectivity index (χ4n) is 2.90. The lowest BCUT2D eigenvalue weighted by Gasteiger charge is -2.33. The molecule has 1 aromatic carbocycles. The van der Waals surface area contributed by atoms with Gasteiger partial charge in [-0.1, -0.05) is 19.1 Å². The molecular weight excluding hydrogens is 418 g/mol. The molecule has 0 aliphatic carbocycles. The van der Waals surface area contributed by atoms with Crippen LogP contribution in [0.15, 0.2) is 24.3 Å². The lowest BCUT2D eigenvalue weighted by Crippen LogP contribution is -2.52. The van der Waals surface area contributed by atoms with E-state index in [2.05, 4.69) is 15.4 Å². The Morgan fingerprint density at radius 1 is 1.19 bits per heavy atom. The molecule has 2 unspecified atom stereocenters. The van der Waals surface area contributed by atoms with Gasteiger partial charge in [0.15, 0.2) is 0 Å². The Morgan fingerprint density at radius 2 is 1.84 bits per heavy atom. The van der Waals surface area contributed by atoms with Crippen LogP contribution in [0, 0.1) is 0 Å². The molecule has 1 aromatic rings.